The summed E-state index contributed by atoms with van der Waals surface area (Å²) in [6, 6.07) is 21.1. The minimum absolute atomic E-state index is 0.131. The van der Waals surface area contributed by atoms with E-state index in [9.17, 15) is 4.79 Å². The van der Waals surface area contributed by atoms with Crippen molar-refractivity contribution in [1.82, 2.24) is 9.88 Å². The number of thioether (sulfide) groups is 1. The molecule has 1 amide bonds. The van der Waals surface area contributed by atoms with E-state index in [0.29, 0.717) is 11.8 Å². The number of methoxy groups -OCH3 is 1. The van der Waals surface area contributed by atoms with Crippen molar-refractivity contribution in [1.29, 1.82) is 0 Å². The fraction of sp³-hybridized carbons (Fsp3) is 0.323. The van der Waals surface area contributed by atoms with Gasteiger partial charge in [0.25, 0.3) is 0 Å². The zero-order valence-electron chi connectivity index (χ0n) is 22.5. The maximum absolute atomic E-state index is 11.8. The Balaban J connectivity index is 0.000000333. The van der Waals surface area contributed by atoms with E-state index in [4.69, 9.17) is 32.7 Å². The first-order valence-corrected chi connectivity index (χ1v) is 14.8. The molecule has 0 radical (unpaired) electrons. The Bertz CT molecular complexity index is 1360. The second-order valence-corrected chi connectivity index (χ2v) is 12.1. The molecule has 0 spiro atoms. The third-order valence-corrected chi connectivity index (χ3v) is 8.19. The van der Waals surface area contributed by atoms with Crippen molar-refractivity contribution in [3.63, 3.8) is 0 Å². The van der Waals surface area contributed by atoms with Crippen LogP contribution in [0.15, 0.2) is 66.7 Å². The van der Waals surface area contributed by atoms with Crippen LogP contribution in [0, 0.1) is 0 Å². The Morgan fingerprint density at radius 3 is 2.38 bits per heavy atom. The summed E-state index contributed by atoms with van der Waals surface area (Å²) in [6.07, 6.45) is 2.80. The standard InChI is InChI=1S/C24H27ClN2O2S.C7H7ClO/c1-16(2)30-13-3-12-29-19-7-4-17(5-8-19)24-23-20(10-11-27(24)15-28)21-14-18(25)6-9-22(21)26-23;1-9-7-4-2-6(8)3-5-7/h4-9,14-16,24,26H,3,10-13H2,1-2H3;2-5H,1H3. The van der Waals surface area contributed by atoms with Crippen LogP contribution in [0.5, 0.6) is 11.5 Å². The normalized spacial score (nSPS) is 14.5. The molecule has 0 fully saturated rings. The highest BCUT2D eigenvalue weighted by Gasteiger charge is 2.31. The maximum Gasteiger partial charge on any atom is 0.210 e. The quantitative estimate of drug-likeness (QED) is 0.159. The topological polar surface area (TPSA) is 54.6 Å². The average Bonchev–Trinajstić information content (AvgIpc) is 3.31. The Morgan fingerprint density at radius 2 is 1.72 bits per heavy atom. The number of aromatic amines is 1. The molecule has 39 heavy (non-hydrogen) atoms. The van der Waals surface area contributed by atoms with Crippen LogP contribution >= 0.6 is 35.0 Å². The number of nitrogens with zero attached hydrogens (tertiary/aromatic N) is 1. The molecule has 1 aliphatic heterocycles. The molecule has 1 N–H and O–H groups in total. The van der Waals surface area contributed by atoms with Gasteiger partial charge < -0.3 is 19.4 Å². The number of H-pyrrole nitrogens is 1. The Hall–Kier alpha value is -2.80. The number of amides is 1. The molecule has 4 aromatic rings. The summed E-state index contributed by atoms with van der Waals surface area (Å²) in [5, 5.41) is 3.26. The molecule has 0 saturated heterocycles. The molecule has 3 aromatic carbocycles. The number of hydrogen-bond acceptors (Lipinski definition) is 4. The van der Waals surface area contributed by atoms with Crippen LogP contribution < -0.4 is 9.47 Å². The molecular formula is C31H34Cl2N2O3S. The van der Waals surface area contributed by atoms with Crippen LogP contribution in [0.3, 0.4) is 0 Å². The van der Waals surface area contributed by atoms with Crippen LogP contribution in [-0.2, 0) is 11.2 Å². The van der Waals surface area contributed by atoms with Crippen molar-refractivity contribution in [2.45, 2.75) is 38.0 Å². The van der Waals surface area contributed by atoms with E-state index >= 15 is 0 Å². The van der Waals surface area contributed by atoms with Gasteiger partial charge in [-0.2, -0.15) is 11.8 Å². The van der Waals surface area contributed by atoms with Gasteiger partial charge in [-0.25, -0.2) is 0 Å². The minimum atomic E-state index is -0.131. The third kappa shape index (κ3) is 7.65. The predicted molar refractivity (Wildman–Crippen MR) is 164 cm³/mol. The van der Waals surface area contributed by atoms with Gasteiger partial charge >= 0.3 is 0 Å². The highest BCUT2D eigenvalue weighted by molar-refractivity contribution is 7.99. The molecule has 2 heterocycles. The molecule has 206 valence electrons. The van der Waals surface area contributed by atoms with E-state index in [0.717, 1.165) is 75.3 Å². The van der Waals surface area contributed by atoms with Crippen molar-refractivity contribution in [2.24, 2.45) is 0 Å². The van der Waals surface area contributed by atoms with Crippen LogP contribution in [0.25, 0.3) is 10.9 Å². The SMILES string of the molecule is CC(C)SCCCOc1ccc(C2c3[nH]c4ccc(Cl)cc4c3CCN2C=O)cc1.COc1ccc(Cl)cc1. The fourth-order valence-electron chi connectivity index (χ4n) is 4.64. The highest BCUT2D eigenvalue weighted by Crippen LogP contribution is 2.38. The van der Waals surface area contributed by atoms with E-state index < -0.39 is 0 Å². The Morgan fingerprint density at radius 1 is 1.03 bits per heavy atom. The number of ether oxygens (including phenoxy) is 2. The monoisotopic (exact) mass is 584 g/mol. The van der Waals surface area contributed by atoms with Crippen molar-refractivity contribution < 1.29 is 14.3 Å². The van der Waals surface area contributed by atoms with Crippen LogP contribution in [0.4, 0.5) is 0 Å². The summed E-state index contributed by atoms with van der Waals surface area (Å²) in [5.41, 5.74) is 4.45. The van der Waals surface area contributed by atoms with Crippen molar-refractivity contribution in [3.05, 3.63) is 93.6 Å². The van der Waals surface area contributed by atoms with E-state index in [1.54, 1.807) is 19.2 Å². The molecule has 5 rings (SSSR count). The molecule has 1 aliphatic rings. The smallest absolute Gasteiger partial charge is 0.210 e. The van der Waals surface area contributed by atoms with Gasteiger partial charge in [-0.05, 0) is 89.6 Å². The second kappa shape index (κ2) is 14.0. The summed E-state index contributed by atoms with van der Waals surface area (Å²) in [6.45, 7) is 5.83. The molecule has 5 nitrogen and oxygen atoms in total. The first-order chi connectivity index (χ1) is 18.9. The number of fused-ring (bicyclic) bond motifs is 3. The van der Waals surface area contributed by atoms with Gasteiger partial charge in [0.1, 0.15) is 11.5 Å². The van der Waals surface area contributed by atoms with Gasteiger partial charge in [-0.1, -0.05) is 49.2 Å². The van der Waals surface area contributed by atoms with Gasteiger partial charge in [-0.3, -0.25) is 4.79 Å². The van der Waals surface area contributed by atoms with Gasteiger partial charge in [0, 0.05) is 33.2 Å². The van der Waals surface area contributed by atoms with Gasteiger partial charge in [0.2, 0.25) is 6.41 Å². The number of halogens is 2. The summed E-state index contributed by atoms with van der Waals surface area (Å²) in [7, 11) is 1.63. The van der Waals surface area contributed by atoms with Gasteiger partial charge in [0.05, 0.1) is 19.8 Å². The zero-order valence-corrected chi connectivity index (χ0v) is 24.8. The second-order valence-electron chi connectivity index (χ2n) is 9.55. The first kappa shape index (κ1) is 29.2. The molecule has 1 aromatic heterocycles. The summed E-state index contributed by atoms with van der Waals surface area (Å²) >= 11 is 13.8. The first-order valence-electron chi connectivity index (χ1n) is 13.0. The lowest BCUT2D eigenvalue weighted by Gasteiger charge is -2.33. The Labute approximate surface area is 244 Å². The van der Waals surface area contributed by atoms with Gasteiger partial charge in [0.15, 0.2) is 0 Å². The van der Waals surface area contributed by atoms with Crippen molar-refractivity contribution in [2.75, 3.05) is 26.0 Å². The number of nitrogens with one attached hydrogen (secondary N) is 1. The lowest BCUT2D eigenvalue weighted by atomic mass is 9.93. The van der Waals surface area contributed by atoms with E-state index in [1.165, 1.54) is 5.56 Å². The highest BCUT2D eigenvalue weighted by atomic mass is 35.5. The number of carbonyl (C=O) groups is 1. The van der Waals surface area contributed by atoms with E-state index in [2.05, 4.69) is 31.0 Å². The third-order valence-electron chi connectivity index (χ3n) is 6.52. The number of aromatic nitrogens is 1. The van der Waals surface area contributed by atoms with Crippen molar-refractivity contribution >= 4 is 52.3 Å². The number of benzene rings is 3. The largest absolute Gasteiger partial charge is 0.497 e. The Kier molecular flexibility index (Phi) is 10.5. The number of carbonyl (C=O) groups excluding carboxylic acids is 1. The van der Waals surface area contributed by atoms with Crippen LogP contribution in [0.1, 0.15) is 43.1 Å². The lowest BCUT2D eigenvalue weighted by Crippen LogP contribution is -2.34. The van der Waals surface area contributed by atoms with E-state index in [-0.39, 0.29) is 6.04 Å². The molecule has 0 saturated carbocycles. The zero-order chi connectivity index (χ0) is 27.8. The lowest BCUT2D eigenvalue weighted by molar-refractivity contribution is -0.120. The molecular weight excluding hydrogens is 551 g/mol. The molecule has 1 unspecified atom stereocenters. The number of rotatable bonds is 9. The molecule has 1 atom stereocenters. The number of hydrogen-bond donors (Lipinski definition) is 1. The van der Waals surface area contributed by atoms with Crippen molar-refractivity contribution in [3.8, 4) is 11.5 Å². The average molecular weight is 586 g/mol. The van der Waals surface area contributed by atoms with Gasteiger partial charge in [-0.15, -0.1) is 0 Å². The molecule has 0 bridgehead atoms. The molecule has 0 aliphatic carbocycles. The maximum atomic E-state index is 11.8. The predicted octanol–water partition coefficient (Wildman–Crippen LogP) is 8.18. The van der Waals surface area contributed by atoms with Crippen LogP contribution in [-0.4, -0.2) is 47.6 Å². The van der Waals surface area contributed by atoms with E-state index in [1.807, 2.05) is 59.1 Å². The minimum Gasteiger partial charge on any atom is -0.497 e. The summed E-state index contributed by atoms with van der Waals surface area (Å²) in [4.78, 5) is 17.2. The van der Waals surface area contributed by atoms with Crippen LogP contribution in [0.2, 0.25) is 10.0 Å². The molecule has 8 heteroatoms. The fourth-order valence-corrected chi connectivity index (χ4v) is 5.69. The summed E-state index contributed by atoms with van der Waals surface area (Å²) < 4.78 is 10.8. The summed E-state index contributed by atoms with van der Waals surface area (Å²) in [5.74, 6) is 2.81.